The van der Waals surface area contributed by atoms with Gasteiger partial charge in [0.2, 0.25) is 5.76 Å². The van der Waals surface area contributed by atoms with Crippen LogP contribution in [0.15, 0.2) is 46.9 Å². The van der Waals surface area contributed by atoms with Crippen LogP contribution in [0, 0.1) is 13.8 Å². The zero-order valence-electron chi connectivity index (χ0n) is 17.1. The number of nitrogens with zero attached hydrogens (tertiary/aromatic N) is 1. The second-order valence-corrected chi connectivity index (χ2v) is 7.31. The number of aryl methyl sites for hydroxylation is 2. The average molecular weight is 408 g/mol. The van der Waals surface area contributed by atoms with Crippen molar-refractivity contribution in [1.29, 1.82) is 0 Å². The lowest BCUT2D eigenvalue weighted by Crippen LogP contribution is -2.40. The second-order valence-electron chi connectivity index (χ2n) is 7.31. The molecule has 2 heterocycles. The van der Waals surface area contributed by atoms with E-state index in [0.717, 1.165) is 11.1 Å². The Labute approximate surface area is 174 Å². The van der Waals surface area contributed by atoms with Crippen LogP contribution in [0.25, 0.3) is 11.0 Å². The topological polar surface area (TPSA) is 81.0 Å². The van der Waals surface area contributed by atoms with E-state index in [1.165, 1.54) is 0 Å². The molecular formula is C23H24N2O5. The maximum atomic E-state index is 13.0. The van der Waals surface area contributed by atoms with E-state index < -0.39 is 0 Å². The first-order valence-corrected chi connectivity index (χ1v) is 9.91. The van der Waals surface area contributed by atoms with Gasteiger partial charge in [-0.25, -0.2) is 0 Å². The van der Waals surface area contributed by atoms with Gasteiger partial charge in [0.25, 0.3) is 11.8 Å². The van der Waals surface area contributed by atoms with Gasteiger partial charge in [-0.1, -0.05) is 29.8 Å². The Hall–Kier alpha value is -3.32. The molecular weight excluding hydrogens is 384 g/mol. The van der Waals surface area contributed by atoms with Crippen LogP contribution in [-0.4, -0.2) is 49.6 Å². The molecule has 7 heteroatoms. The Morgan fingerprint density at radius 2 is 1.87 bits per heavy atom. The molecule has 0 aliphatic carbocycles. The summed E-state index contributed by atoms with van der Waals surface area (Å²) in [6.07, 6.45) is 0. The third-order valence-corrected chi connectivity index (χ3v) is 5.04. The Morgan fingerprint density at radius 1 is 1.10 bits per heavy atom. The van der Waals surface area contributed by atoms with E-state index in [1.807, 2.05) is 50.2 Å². The molecule has 3 aromatic rings. The monoisotopic (exact) mass is 408 g/mol. The van der Waals surface area contributed by atoms with Gasteiger partial charge in [0.15, 0.2) is 6.61 Å². The highest BCUT2D eigenvalue weighted by molar-refractivity contribution is 6.11. The first-order chi connectivity index (χ1) is 14.5. The first-order valence-electron chi connectivity index (χ1n) is 9.91. The Bertz CT molecular complexity index is 1080. The van der Waals surface area contributed by atoms with Gasteiger partial charge in [-0.15, -0.1) is 0 Å². The van der Waals surface area contributed by atoms with Gasteiger partial charge < -0.3 is 24.1 Å². The van der Waals surface area contributed by atoms with Crippen LogP contribution in [-0.2, 0) is 9.53 Å². The van der Waals surface area contributed by atoms with Crippen molar-refractivity contribution in [3.63, 3.8) is 0 Å². The number of hydrogen-bond donors (Lipinski definition) is 1. The smallest absolute Gasteiger partial charge is 0.291 e. The number of amides is 2. The number of furan rings is 1. The summed E-state index contributed by atoms with van der Waals surface area (Å²) in [6.45, 7) is 5.70. The molecule has 1 aromatic heterocycles. The number of benzene rings is 2. The third kappa shape index (κ3) is 4.16. The molecule has 2 amide bonds. The molecule has 0 spiro atoms. The zero-order chi connectivity index (χ0) is 21.1. The van der Waals surface area contributed by atoms with Crippen LogP contribution in [0.3, 0.4) is 0 Å². The molecule has 156 valence electrons. The number of carbonyl (C=O) groups is 2. The van der Waals surface area contributed by atoms with Gasteiger partial charge in [0.1, 0.15) is 17.0 Å². The third-order valence-electron chi connectivity index (χ3n) is 5.04. The van der Waals surface area contributed by atoms with Crippen molar-refractivity contribution in [3.05, 3.63) is 59.4 Å². The molecule has 1 N–H and O–H groups in total. The fraction of sp³-hybridized carbons (Fsp3) is 0.304. The predicted molar refractivity (Wildman–Crippen MR) is 113 cm³/mol. The summed E-state index contributed by atoms with van der Waals surface area (Å²) in [4.78, 5) is 27.3. The minimum absolute atomic E-state index is 0.123. The summed E-state index contributed by atoms with van der Waals surface area (Å²) in [5.74, 6) is 0.146. The van der Waals surface area contributed by atoms with E-state index in [9.17, 15) is 9.59 Å². The van der Waals surface area contributed by atoms with Crippen LogP contribution in [0.1, 0.15) is 21.7 Å². The highest BCUT2D eigenvalue weighted by Crippen LogP contribution is 2.32. The number of rotatable bonds is 5. The van der Waals surface area contributed by atoms with Crippen molar-refractivity contribution in [3.8, 4) is 5.75 Å². The molecule has 0 radical (unpaired) electrons. The SMILES string of the molecule is Cc1ccc(OCC(=O)Nc2c(C(=O)N3CCOCC3)oc3ccccc23)c(C)c1. The largest absolute Gasteiger partial charge is 0.483 e. The molecule has 0 atom stereocenters. The van der Waals surface area contributed by atoms with Gasteiger partial charge in [-0.05, 0) is 37.6 Å². The van der Waals surface area contributed by atoms with Crippen LogP contribution < -0.4 is 10.1 Å². The lowest BCUT2D eigenvalue weighted by atomic mass is 10.1. The summed E-state index contributed by atoms with van der Waals surface area (Å²) < 4.78 is 16.8. The van der Waals surface area contributed by atoms with Gasteiger partial charge >= 0.3 is 0 Å². The fourth-order valence-electron chi connectivity index (χ4n) is 3.51. The van der Waals surface area contributed by atoms with Crippen molar-refractivity contribution in [2.24, 2.45) is 0 Å². The Morgan fingerprint density at radius 3 is 2.63 bits per heavy atom. The number of carbonyl (C=O) groups excluding carboxylic acids is 2. The highest BCUT2D eigenvalue weighted by atomic mass is 16.5. The van der Waals surface area contributed by atoms with E-state index in [0.29, 0.717) is 48.7 Å². The normalized spacial score (nSPS) is 14.0. The maximum absolute atomic E-state index is 13.0. The molecule has 4 rings (SSSR count). The van der Waals surface area contributed by atoms with Crippen LogP contribution in [0.2, 0.25) is 0 Å². The average Bonchev–Trinajstić information content (AvgIpc) is 3.11. The molecule has 0 unspecified atom stereocenters. The first kappa shape index (κ1) is 20.0. The number of para-hydroxylation sites is 1. The molecule has 0 saturated carbocycles. The number of hydrogen-bond acceptors (Lipinski definition) is 5. The molecule has 1 aliphatic heterocycles. The summed E-state index contributed by atoms with van der Waals surface area (Å²) in [7, 11) is 0. The lowest BCUT2D eigenvalue weighted by molar-refractivity contribution is -0.118. The van der Waals surface area contributed by atoms with E-state index >= 15 is 0 Å². The van der Waals surface area contributed by atoms with E-state index in [1.54, 1.807) is 11.0 Å². The predicted octanol–water partition coefficient (Wildman–Crippen LogP) is 3.54. The standard InChI is InChI=1S/C23H24N2O5/c1-15-7-8-18(16(2)13-15)29-14-20(26)24-21-17-5-3-4-6-19(17)30-22(21)23(27)25-9-11-28-12-10-25/h3-8,13H,9-12,14H2,1-2H3,(H,24,26). The fourth-order valence-corrected chi connectivity index (χ4v) is 3.51. The number of fused-ring (bicyclic) bond motifs is 1. The molecule has 1 aliphatic rings. The van der Waals surface area contributed by atoms with Gasteiger partial charge in [0, 0.05) is 18.5 Å². The van der Waals surface area contributed by atoms with Crippen molar-refractivity contribution in [2.75, 3.05) is 38.2 Å². The van der Waals surface area contributed by atoms with Gasteiger partial charge in [-0.2, -0.15) is 0 Å². The van der Waals surface area contributed by atoms with Crippen molar-refractivity contribution >= 4 is 28.5 Å². The number of anilines is 1. The van der Waals surface area contributed by atoms with Crippen LogP contribution >= 0.6 is 0 Å². The van der Waals surface area contributed by atoms with Crippen molar-refractivity contribution in [1.82, 2.24) is 4.90 Å². The quantitative estimate of drug-likeness (QED) is 0.698. The minimum Gasteiger partial charge on any atom is -0.483 e. The van der Waals surface area contributed by atoms with Crippen molar-refractivity contribution in [2.45, 2.75) is 13.8 Å². The second kappa shape index (κ2) is 8.59. The molecule has 0 bridgehead atoms. The molecule has 30 heavy (non-hydrogen) atoms. The molecule has 1 saturated heterocycles. The maximum Gasteiger partial charge on any atom is 0.291 e. The summed E-state index contributed by atoms with van der Waals surface area (Å²) in [5, 5.41) is 3.49. The molecule has 2 aromatic carbocycles. The van der Waals surface area contributed by atoms with E-state index in [-0.39, 0.29) is 24.2 Å². The minimum atomic E-state index is -0.363. The summed E-state index contributed by atoms with van der Waals surface area (Å²) in [5.41, 5.74) is 3.00. The van der Waals surface area contributed by atoms with Crippen molar-refractivity contribution < 1.29 is 23.5 Å². The summed E-state index contributed by atoms with van der Waals surface area (Å²) in [6, 6.07) is 13.0. The summed E-state index contributed by atoms with van der Waals surface area (Å²) >= 11 is 0. The van der Waals surface area contributed by atoms with E-state index in [2.05, 4.69) is 5.32 Å². The highest BCUT2D eigenvalue weighted by Gasteiger charge is 2.27. The lowest BCUT2D eigenvalue weighted by Gasteiger charge is -2.26. The van der Waals surface area contributed by atoms with Crippen LogP contribution in [0.5, 0.6) is 5.75 Å². The van der Waals surface area contributed by atoms with Gasteiger partial charge in [0.05, 0.1) is 13.2 Å². The molecule has 1 fully saturated rings. The Balaban J connectivity index is 1.54. The number of ether oxygens (including phenoxy) is 2. The van der Waals surface area contributed by atoms with E-state index in [4.69, 9.17) is 13.9 Å². The number of morpholine rings is 1. The van der Waals surface area contributed by atoms with Gasteiger partial charge in [-0.3, -0.25) is 9.59 Å². The number of nitrogens with one attached hydrogen (secondary N) is 1. The van der Waals surface area contributed by atoms with Crippen LogP contribution in [0.4, 0.5) is 5.69 Å². The Kier molecular flexibility index (Phi) is 5.72. The zero-order valence-corrected chi connectivity index (χ0v) is 17.1. The molecule has 7 nitrogen and oxygen atoms in total.